The van der Waals surface area contributed by atoms with Crippen molar-refractivity contribution in [1.29, 1.82) is 0 Å². The summed E-state index contributed by atoms with van der Waals surface area (Å²) in [5.74, 6) is 0.0717. The third-order valence-corrected chi connectivity index (χ3v) is 0.753. The highest BCUT2D eigenvalue weighted by Crippen LogP contribution is 1.91. The van der Waals surface area contributed by atoms with Crippen LogP contribution >= 0.6 is 0 Å². The van der Waals surface area contributed by atoms with E-state index in [-0.39, 0.29) is 5.78 Å². The highest BCUT2D eigenvalue weighted by atomic mass is 16.1. The zero-order chi connectivity index (χ0) is 6.57. The van der Waals surface area contributed by atoms with Crippen molar-refractivity contribution in [2.24, 2.45) is 0 Å². The largest absolute Gasteiger partial charge is 0.295 e. The average Bonchev–Trinajstić information content (AvgIpc) is 1.65. The van der Waals surface area contributed by atoms with E-state index in [9.17, 15) is 4.79 Å². The smallest absolute Gasteiger partial charge is 0.152 e. The minimum absolute atomic E-state index is 0.0717. The molecule has 0 saturated heterocycles. The number of carbonyl (C=O) groups excluding carboxylic acids is 1. The maximum Gasteiger partial charge on any atom is 0.152 e. The van der Waals surface area contributed by atoms with Crippen LogP contribution in [0.25, 0.3) is 0 Å². The Morgan fingerprint density at radius 1 is 1.50 bits per heavy atom. The molecule has 0 spiro atoms. The van der Waals surface area contributed by atoms with Gasteiger partial charge >= 0.3 is 0 Å². The first-order valence-corrected chi connectivity index (χ1v) is 2.48. The molecular formula is C7H10O. The zero-order valence-electron chi connectivity index (χ0n) is 5.27. The van der Waals surface area contributed by atoms with Crippen molar-refractivity contribution in [3.05, 3.63) is 24.3 Å². The molecule has 8 heavy (non-hydrogen) atoms. The van der Waals surface area contributed by atoms with Crippen LogP contribution in [0.3, 0.4) is 0 Å². The fraction of sp³-hybridized carbons (Fsp3) is 0.286. The molecule has 0 bridgehead atoms. The summed E-state index contributed by atoms with van der Waals surface area (Å²) >= 11 is 0. The second-order valence-electron chi connectivity index (χ2n) is 1.70. The summed E-state index contributed by atoms with van der Waals surface area (Å²) in [6.45, 7) is 6.86. The van der Waals surface area contributed by atoms with E-state index in [0.717, 1.165) is 5.57 Å². The molecule has 0 aromatic rings. The van der Waals surface area contributed by atoms with E-state index in [1.165, 1.54) is 6.92 Å². The summed E-state index contributed by atoms with van der Waals surface area (Å²) in [5, 5.41) is 0. The zero-order valence-corrected chi connectivity index (χ0v) is 5.27. The summed E-state index contributed by atoms with van der Waals surface area (Å²) in [6, 6.07) is 0. The van der Waals surface area contributed by atoms with Crippen molar-refractivity contribution >= 4 is 5.78 Å². The lowest BCUT2D eigenvalue weighted by molar-refractivity contribution is -0.112. The van der Waals surface area contributed by atoms with Gasteiger partial charge in [-0.25, -0.2) is 0 Å². The van der Waals surface area contributed by atoms with Gasteiger partial charge in [0, 0.05) is 0 Å². The van der Waals surface area contributed by atoms with Crippen molar-refractivity contribution in [1.82, 2.24) is 0 Å². The van der Waals surface area contributed by atoms with E-state index in [1.807, 2.05) is 6.92 Å². The molecule has 44 valence electrons. The van der Waals surface area contributed by atoms with Gasteiger partial charge in [0.15, 0.2) is 5.78 Å². The maximum absolute atomic E-state index is 10.3. The number of rotatable bonds is 2. The van der Waals surface area contributed by atoms with Crippen molar-refractivity contribution in [3.8, 4) is 0 Å². The van der Waals surface area contributed by atoms with Crippen LogP contribution in [0, 0.1) is 0 Å². The molecule has 0 aliphatic heterocycles. The Morgan fingerprint density at radius 2 is 2.00 bits per heavy atom. The van der Waals surface area contributed by atoms with Crippen LogP contribution in [0.1, 0.15) is 13.8 Å². The van der Waals surface area contributed by atoms with Crippen LogP contribution in [-0.4, -0.2) is 5.78 Å². The Bertz CT molecular complexity index is 131. The Morgan fingerprint density at radius 3 is 2.12 bits per heavy atom. The molecule has 0 aliphatic rings. The predicted molar refractivity (Wildman–Crippen MR) is 34.6 cm³/mol. The minimum Gasteiger partial charge on any atom is -0.295 e. The Balaban J connectivity index is 3.94. The predicted octanol–water partition coefficient (Wildman–Crippen LogP) is 1.71. The van der Waals surface area contributed by atoms with E-state index in [2.05, 4.69) is 6.58 Å². The van der Waals surface area contributed by atoms with Crippen molar-refractivity contribution in [3.63, 3.8) is 0 Å². The molecule has 1 heteroatoms. The second-order valence-corrected chi connectivity index (χ2v) is 1.70. The van der Waals surface area contributed by atoms with E-state index in [4.69, 9.17) is 0 Å². The van der Waals surface area contributed by atoms with Gasteiger partial charge in [-0.2, -0.15) is 0 Å². The van der Waals surface area contributed by atoms with Gasteiger partial charge in [-0.15, -0.1) is 0 Å². The summed E-state index contributed by atoms with van der Waals surface area (Å²) in [5.41, 5.74) is 0.914. The minimum atomic E-state index is 0.0717. The third-order valence-electron chi connectivity index (χ3n) is 0.753. The molecule has 0 saturated carbocycles. The number of ketones is 1. The standard InChI is InChI=1S/C7H10O/c1-4-6(2)5-7(3)8/h4-5H,1H2,2-3H3/b6-5-. The van der Waals surface area contributed by atoms with Gasteiger partial charge in [0.25, 0.3) is 0 Å². The molecule has 0 radical (unpaired) electrons. The second kappa shape index (κ2) is 3.19. The van der Waals surface area contributed by atoms with E-state index in [1.54, 1.807) is 12.2 Å². The molecule has 0 aromatic heterocycles. The maximum atomic E-state index is 10.3. The average molecular weight is 110 g/mol. The fourth-order valence-electron chi connectivity index (χ4n) is 0.380. The molecule has 0 rings (SSSR count). The van der Waals surface area contributed by atoms with Crippen LogP contribution in [0.4, 0.5) is 0 Å². The van der Waals surface area contributed by atoms with Gasteiger partial charge in [0.1, 0.15) is 0 Å². The number of allylic oxidation sites excluding steroid dienone is 3. The molecule has 0 atom stereocenters. The van der Waals surface area contributed by atoms with Crippen molar-refractivity contribution < 1.29 is 4.79 Å². The Hall–Kier alpha value is -0.850. The van der Waals surface area contributed by atoms with Crippen molar-refractivity contribution in [2.45, 2.75) is 13.8 Å². The molecule has 0 aliphatic carbocycles. The SMILES string of the molecule is C=C/C(C)=C\C(C)=O. The lowest BCUT2D eigenvalue weighted by Crippen LogP contribution is -1.81. The molecule has 1 nitrogen and oxygen atoms in total. The molecule has 0 heterocycles. The van der Waals surface area contributed by atoms with Crippen LogP contribution in [0.15, 0.2) is 24.3 Å². The van der Waals surface area contributed by atoms with Crippen molar-refractivity contribution in [2.75, 3.05) is 0 Å². The van der Waals surface area contributed by atoms with Gasteiger partial charge in [0.05, 0.1) is 0 Å². The van der Waals surface area contributed by atoms with Crippen LogP contribution in [-0.2, 0) is 4.79 Å². The Labute approximate surface area is 49.7 Å². The molecule has 0 amide bonds. The first-order chi connectivity index (χ1) is 3.66. The van der Waals surface area contributed by atoms with E-state index in [0.29, 0.717) is 0 Å². The van der Waals surface area contributed by atoms with E-state index >= 15 is 0 Å². The number of hydrogen-bond donors (Lipinski definition) is 0. The molecule has 0 fully saturated rings. The summed E-state index contributed by atoms with van der Waals surface area (Å²) < 4.78 is 0. The number of hydrogen-bond acceptors (Lipinski definition) is 1. The topological polar surface area (TPSA) is 17.1 Å². The van der Waals surface area contributed by atoms with Gasteiger partial charge in [-0.1, -0.05) is 12.7 Å². The molecular weight excluding hydrogens is 100 g/mol. The van der Waals surface area contributed by atoms with Gasteiger partial charge in [-0.3, -0.25) is 4.79 Å². The first-order valence-electron chi connectivity index (χ1n) is 2.48. The number of carbonyl (C=O) groups is 1. The summed E-state index contributed by atoms with van der Waals surface area (Å²) in [6.07, 6.45) is 3.20. The highest BCUT2D eigenvalue weighted by Gasteiger charge is 1.82. The monoisotopic (exact) mass is 110 g/mol. The lowest BCUT2D eigenvalue weighted by Gasteiger charge is -1.83. The first kappa shape index (κ1) is 7.15. The van der Waals surface area contributed by atoms with Crippen LogP contribution in [0.5, 0.6) is 0 Å². The quantitative estimate of drug-likeness (QED) is 0.390. The third kappa shape index (κ3) is 3.34. The van der Waals surface area contributed by atoms with Gasteiger partial charge in [0.2, 0.25) is 0 Å². The lowest BCUT2D eigenvalue weighted by atomic mass is 10.2. The van der Waals surface area contributed by atoms with Gasteiger partial charge < -0.3 is 0 Å². The fourth-order valence-corrected chi connectivity index (χ4v) is 0.380. The van der Waals surface area contributed by atoms with Crippen LogP contribution in [0.2, 0.25) is 0 Å². The molecule has 0 N–H and O–H groups in total. The van der Waals surface area contributed by atoms with E-state index < -0.39 is 0 Å². The summed E-state index contributed by atoms with van der Waals surface area (Å²) in [4.78, 5) is 10.3. The van der Waals surface area contributed by atoms with Gasteiger partial charge in [-0.05, 0) is 25.5 Å². The molecule has 0 aromatic carbocycles. The highest BCUT2D eigenvalue weighted by molar-refractivity contribution is 5.88. The Kier molecular flexibility index (Phi) is 2.85. The van der Waals surface area contributed by atoms with Crippen LogP contribution < -0.4 is 0 Å². The normalized spacial score (nSPS) is 11.0. The molecule has 0 unspecified atom stereocenters. The summed E-state index contributed by atoms with van der Waals surface area (Å²) in [7, 11) is 0.